The Morgan fingerprint density at radius 3 is 2.15 bits per heavy atom. The first-order chi connectivity index (χ1) is 9.53. The zero-order valence-corrected chi connectivity index (χ0v) is 14.4. The molecule has 20 heavy (non-hydrogen) atoms. The third-order valence-electron chi connectivity index (χ3n) is 4.29. The lowest BCUT2D eigenvalue weighted by Crippen LogP contribution is -2.46. The molecule has 0 aromatic carbocycles. The van der Waals surface area contributed by atoms with Gasteiger partial charge in [0.15, 0.2) is 0 Å². The summed E-state index contributed by atoms with van der Waals surface area (Å²) in [6, 6.07) is 0.515. The third-order valence-corrected chi connectivity index (χ3v) is 5.36. The molecule has 0 aliphatic heterocycles. The molecule has 0 radical (unpaired) electrons. The van der Waals surface area contributed by atoms with E-state index < -0.39 is 0 Å². The summed E-state index contributed by atoms with van der Waals surface area (Å²) in [4.78, 5) is 4.99. The standard InChI is InChI=1S/C17H30N2S/c1-13(2)15-12-20-16(18-15)17(19-14(3)4)10-8-6-5-7-9-11-17/h12-14,19H,5-11H2,1-4H3. The van der Waals surface area contributed by atoms with Gasteiger partial charge in [-0.1, -0.05) is 46.0 Å². The average molecular weight is 295 g/mol. The van der Waals surface area contributed by atoms with E-state index in [4.69, 9.17) is 4.98 Å². The summed E-state index contributed by atoms with van der Waals surface area (Å²) >= 11 is 1.87. The van der Waals surface area contributed by atoms with Gasteiger partial charge in [0.2, 0.25) is 0 Å². The zero-order valence-electron chi connectivity index (χ0n) is 13.5. The van der Waals surface area contributed by atoms with Crippen LogP contribution in [0.2, 0.25) is 0 Å². The first-order valence-electron chi connectivity index (χ1n) is 8.27. The molecule has 0 spiro atoms. The molecule has 2 rings (SSSR count). The van der Waals surface area contributed by atoms with Crippen molar-refractivity contribution in [3.63, 3.8) is 0 Å². The number of nitrogens with one attached hydrogen (secondary N) is 1. The van der Waals surface area contributed by atoms with Crippen LogP contribution in [-0.4, -0.2) is 11.0 Å². The summed E-state index contributed by atoms with van der Waals surface area (Å²) in [5.74, 6) is 0.532. The molecule has 0 bridgehead atoms. The Hall–Kier alpha value is -0.410. The molecule has 1 N–H and O–H groups in total. The molecule has 1 aliphatic carbocycles. The fraction of sp³-hybridized carbons (Fsp3) is 0.824. The van der Waals surface area contributed by atoms with Crippen LogP contribution in [0.15, 0.2) is 5.38 Å². The molecular weight excluding hydrogens is 264 g/mol. The van der Waals surface area contributed by atoms with Gasteiger partial charge in [0, 0.05) is 11.4 Å². The second-order valence-corrected chi connectivity index (χ2v) is 7.74. The predicted molar refractivity (Wildman–Crippen MR) is 88.5 cm³/mol. The summed E-state index contributed by atoms with van der Waals surface area (Å²) < 4.78 is 0. The Bertz CT molecular complexity index is 401. The summed E-state index contributed by atoms with van der Waals surface area (Å²) in [7, 11) is 0. The second kappa shape index (κ2) is 7.04. The molecule has 1 aliphatic rings. The quantitative estimate of drug-likeness (QED) is 0.825. The van der Waals surface area contributed by atoms with E-state index in [2.05, 4.69) is 38.4 Å². The van der Waals surface area contributed by atoms with Gasteiger partial charge < -0.3 is 5.32 Å². The van der Waals surface area contributed by atoms with Gasteiger partial charge in [0.25, 0.3) is 0 Å². The molecule has 0 unspecified atom stereocenters. The summed E-state index contributed by atoms with van der Waals surface area (Å²) in [6.07, 6.45) is 9.32. The van der Waals surface area contributed by atoms with Gasteiger partial charge in [-0.2, -0.15) is 0 Å². The molecule has 1 fully saturated rings. The smallest absolute Gasteiger partial charge is 0.113 e. The highest BCUT2D eigenvalue weighted by Gasteiger charge is 2.35. The minimum Gasteiger partial charge on any atom is -0.303 e. The van der Waals surface area contributed by atoms with Crippen molar-refractivity contribution in [1.82, 2.24) is 10.3 Å². The first kappa shape index (κ1) is 16.0. The molecule has 1 aromatic rings. The monoisotopic (exact) mass is 294 g/mol. The van der Waals surface area contributed by atoms with Crippen molar-refractivity contribution >= 4 is 11.3 Å². The minimum absolute atomic E-state index is 0.131. The SMILES string of the molecule is CC(C)NC1(c2nc(C(C)C)cs2)CCCCCCC1. The lowest BCUT2D eigenvalue weighted by Gasteiger charge is -2.36. The number of rotatable bonds is 4. The third kappa shape index (κ3) is 3.82. The highest BCUT2D eigenvalue weighted by Crippen LogP contribution is 2.38. The molecule has 2 nitrogen and oxygen atoms in total. The molecule has 0 saturated heterocycles. The molecule has 3 heteroatoms. The van der Waals surface area contributed by atoms with Gasteiger partial charge >= 0.3 is 0 Å². The molecule has 1 heterocycles. The average Bonchev–Trinajstić information content (AvgIpc) is 2.82. The lowest BCUT2D eigenvalue weighted by molar-refractivity contribution is 0.233. The number of nitrogens with zero attached hydrogens (tertiary/aromatic N) is 1. The van der Waals surface area contributed by atoms with E-state index in [1.54, 1.807) is 0 Å². The van der Waals surface area contributed by atoms with Crippen molar-refractivity contribution in [1.29, 1.82) is 0 Å². The number of hydrogen-bond acceptors (Lipinski definition) is 3. The van der Waals surface area contributed by atoms with E-state index in [0.717, 1.165) is 0 Å². The van der Waals surface area contributed by atoms with Gasteiger partial charge in [-0.3, -0.25) is 0 Å². The normalized spacial score (nSPS) is 20.1. The first-order valence-corrected chi connectivity index (χ1v) is 9.15. The van der Waals surface area contributed by atoms with Crippen molar-refractivity contribution in [3.05, 3.63) is 16.1 Å². The maximum Gasteiger partial charge on any atom is 0.113 e. The number of aromatic nitrogens is 1. The largest absolute Gasteiger partial charge is 0.303 e. The van der Waals surface area contributed by atoms with Crippen molar-refractivity contribution in [3.8, 4) is 0 Å². The molecule has 1 aromatic heterocycles. The van der Waals surface area contributed by atoms with E-state index in [-0.39, 0.29) is 5.54 Å². The summed E-state index contributed by atoms with van der Waals surface area (Å²) in [6.45, 7) is 8.99. The Kier molecular flexibility index (Phi) is 5.62. The van der Waals surface area contributed by atoms with Crippen LogP contribution in [0.3, 0.4) is 0 Å². The number of hydrogen-bond donors (Lipinski definition) is 1. The van der Waals surface area contributed by atoms with Crippen LogP contribution in [0.5, 0.6) is 0 Å². The van der Waals surface area contributed by atoms with Gasteiger partial charge in [0.1, 0.15) is 5.01 Å². The van der Waals surface area contributed by atoms with Crippen LogP contribution < -0.4 is 5.32 Å². The molecule has 1 saturated carbocycles. The highest BCUT2D eigenvalue weighted by atomic mass is 32.1. The lowest BCUT2D eigenvalue weighted by atomic mass is 9.83. The molecule has 0 amide bonds. The molecule has 114 valence electrons. The van der Waals surface area contributed by atoms with E-state index in [0.29, 0.717) is 12.0 Å². The minimum atomic E-state index is 0.131. The maximum atomic E-state index is 4.99. The van der Waals surface area contributed by atoms with Gasteiger partial charge in [-0.25, -0.2) is 4.98 Å². The predicted octanol–water partition coefficient (Wildman–Crippen LogP) is 5.20. The van der Waals surface area contributed by atoms with Gasteiger partial charge in [0.05, 0.1) is 11.2 Å². The van der Waals surface area contributed by atoms with Crippen LogP contribution >= 0.6 is 11.3 Å². The molecule has 0 atom stereocenters. The Morgan fingerprint density at radius 2 is 1.65 bits per heavy atom. The van der Waals surface area contributed by atoms with E-state index in [9.17, 15) is 0 Å². The van der Waals surface area contributed by atoms with Gasteiger partial charge in [-0.05, 0) is 32.6 Å². The second-order valence-electron chi connectivity index (χ2n) is 6.88. The van der Waals surface area contributed by atoms with Crippen LogP contribution in [0, 0.1) is 0 Å². The van der Waals surface area contributed by atoms with Crippen molar-refractivity contribution in [2.45, 2.75) is 90.1 Å². The Balaban J connectivity index is 2.27. The van der Waals surface area contributed by atoms with Crippen LogP contribution in [0.1, 0.15) is 89.3 Å². The number of thiazole rings is 1. The van der Waals surface area contributed by atoms with Crippen molar-refractivity contribution in [2.75, 3.05) is 0 Å². The van der Waals surface area contributed by atoms with Gasteiger partial charge in [-0.15, -0.1) is 11.3 Å². The fourth-order valence-corrected chi connectivity index (χ4v) is 4.46. The molecular formula is C17H30N2S. The zero-order chi connectivity index (χ0) is 14.6. The van der Waals surface area contributed by atoms with Crippen LogP contribution in [0.25, 0.3) is 0 Å². The Labute approximate surface area is 128 Å². The van der Waals surface area contributed by atoms with Crippen molar-refractivity contribution in [2.24, 2.45) is 0 Å². The summed E-state index contributed by atoms with van der Waals surface area (Å²) in [5.41, 5.74) is 1.39. The van der Waals surface area contributed by atoms with E-state index in [1.807, 2.05) is 11.3 Å². The van der Waals surface area contributed by atoms with E-state index in [1.165, 1.54) is 55.6 Å². The Morgan fingerprint density at radius 1 is 1.05 bits per heavy atom. The maximum absolute atomic E-state index is 4.99. The highest BCUT2D eigenvalue weighted by molar-refractivity contribution is 7.09. The van der Waals surface area contributed by atoms with Crippen LogP contribution in [0.4, 0.5) is 0 Å². The van der Waals surface area contributed by atoms with Crippen LogP contribution in [-0.2, 0) is 5.54 Å². The van der Waals surface area contributed by atoms with E-state index >= 15 is 0 Å². The summed E-state index contributed by atoms with van der Waals surface area (Å²) in [5, 5.41) is 7.48. The topological polar surface area (TPSA) is 24.9 Å². The fourth-order valence-electron chi connectivity index (χ4n) is 3.25. The van der Waals surface area contributed by atoms with Crippen molar-refractivity contribution < 1.29 is 0 Å².